The average Bonchev–Trinajstić information content (AvgIpc) is 3.32. The highest BCUT2D eigenvalue weighted by atomic mass is 32.2. The first-order chi connectivity index (χ1) is 13.3. The third-order valence-electron chi connectivity index (χ3n) is 4.72. The molecular weight excluding hydrogens is 384 g/mol. The minimum atomic E-state index is -3.97. The zero-order valence-electron chi connectivity index (χ0n) is 15.3. The highest BCUT2D eigenvalue weighted by molar-refractivity contribution is 7.89. The number of nitrogens with zero attached hydrogens (tertiary/aromatic N) is 2. The molecule has 0 bridgehead atoms. The fraction of sp³-hybridized carbons (Fsp3) is 0.389. The third kappa shape index (κ3) is 4.39. The van der Waals surface area contributed by atoms with Crippen LogP contribution in [0.5, 0.6) is 0 Å². The summed E-state index contributed by atoms with van der Waals surface area (Å²) < 4.78 is 28.0. The van der Waals surface area contributed by atoms with Gasteiger partial charge in [0.1, 0.15) is 12.1 Å². The molecule has 1 saturated heterocycles. The summed E-state index contributed by atoms with van der Waals surface area (Å²) in [5.74, 6) is -1.66. The van der Waals surface area contributed by atoms with Crippen LogP contribution in [0.15, 0.2) is 41.7 Å². The number of sulfonamides is 1. The summed E-state index contributed by atoms with van der Waals surface area (Å²) in [6.45, 7) is 2.12. The molecule has 0 spiro atoms. The molecule has 2 heterocycles. The van der Waals surface area contributed by atoms with Gasteiger partial charge in [-0.25, -0.2) is 18.2 Å². The predicted molar refractivity (Wildman–Crippen MR) is 100.0 cm³/mol. The van der Waals surface area contributed by atoms with E-state index in [9.17, 15) is 23.1 Å². The maximum absolute atomic E-state index is 13.0. The molecule has 1 amide bonds. The van der Waals surface area contributed by atoms with Crippen LogP contribution in [-0.2, 0) is 26.0 Å². The molecule has 0 radical (unpaired) electrons. The smallest absolute Gasteiger partial charge is 0.326 e. The van der Waals surface area contributed by atoms with Gasteiger partial charge in [-0.1, -0.05) is 17.7 Å². The van der Waals surface area contributed by atoms with Crippen molar-refractivity contribution in [2.45, 2.75) is 43.2 Å². The van der Waals surface area contributed by atoms with Crippen molar-refractivity contribution >= 4 is 21.9 Å². The van der Waals surface area contributed by atoms with Gasteiger partial charge in [0, 0.05) is 19.2 Å². The largest absolute Gasteiger partial charge is 0.480 e. The minimum absolute atomic E-state index is 0.0102. The molecular formula is C18H22N4O5S. The van der Waals surface area contributed by atoms with Crippen molar-refractivity contribution < 1.29 is 23.1 Å². The minimum Gasteiger partial charge on any atom is -0.480 e. The van der Waals surface area contributed by atoms with Crippen molar-refractivity contribution in [3.63, 3.8) is 0 Å². The number of hydrogen-bond acceptors (Lipinski definition) is 5. The molecule has 0 saturated carbocycles. The number of aliphatic carboxylic acids is 1. The summed E-state index contributed by atoms with van der Waals surface area (Å²) in [5.41, 5.74) is 1.40. The van der Waals surface area contributed by atoms with Crippen LogP contribution in [-0.4, -0.2) is 58.9 Å². The van der Waals surface area contributed by atoms with E-state index in [0.29, 0.717) is 18.5 Å². The van der Waals surface area contributed by atoms with E-state index in [0.717, 1.165) is 5.56 Å². The van der Waals surface area contributed by atoms with Crippen LogP contribution < -0.4 is 4.72 Å². The van der Waals surface area contributed by atoms with Gasteiger partial charge in [-0.3, -0.25) is 4.79 Å². The fourth-order valence-electron chi connectivity index (χ4n) is 3.25. The number of H-pyrrole nitrogens is 1. The Bertz CT molecular complexity index is 941. The number of carbonyl (C=O) groups is 2. The van der Waals surface area contributed by atoms with E-state index < -0.39 is 34.0 Å². The molecule has 150 valence electrons. The first-order valence-corrected chi connectivity index (χ1v) is 10.4. The molecule has 2 aromatic rings. The number of nitrogens with one attached hydrogen (secondary N) is 2. The first-order valence-electron chi connectivity index (χ1n) is 8.88. The topological polar surface area (TPSA) is 132 Å². The number of rotatable bonds is 7. The van der Waals surface area contributed by atoms with E-state index >= 15 is 0 Å². The van der Waals surface area contributed by atoms with Crippen LogP contribution in [0.4, 0.5) is 0 Å². The number of benzene rings is 1. The van der Waals surface area contributed by atoms with E-state index in [1.165, 1.54) is 23.4 Å². The first kappa shape index (κ1) is 20.0. The fourth-order valence-corrected chi connectivity index (χ4v) is 4.44. The summed E-state index contributed by atoms with van der Waals surface area (Å²) in [6.07, 6.45) is 3.92. The molecule has 0 aliphatic carbocycles. The standard InChI is InChI=1S/C18H22N4O5S/c1-12-4-6-14(7-5-12)28(26,27)21-15(9-13-10-19-11-20-13)17(23)22-8-2-3-16(22)18(24)25/h4-7,10-11,15-16,21H,2-3,8-9H2,1H3,(H,19,20)(H,24,25)/t15-,16-/m0/s1. The molecule has 3 rings (SSSR count). The lowest BCUT2D eigenvalue weighted by atomic mass is 10.1. The molecule has 1 aromatic carbocycles. The molecule has 2 atom stereocenters. The normalized spacial score (nSPS) is 18.2. The summed E-state index contributed by atoms with van der Waals surface area (Å²) in [5, 5.41) is 9.36. The number of aromatic nitrogens is 2. The van der Waals surface area contributed by atoms with Gasteiger partial charge in [-0.2, -0.15) is 4.72 Å². The molecule has 10 heteroatoms. The molecule has 0 unspecified atom stereocenters. The highest BCUT2D eigenvalue weighted by Gasteiger charge is 2.38. The summed E-state index contributed by atoms with van der Waals surface area (Å²) in [7, 11) is -3.97. The number of hydrogen-bond donors (Lipinski definition) is 3. The number of aryl methyl sites for hydroxylation is 1. The Morgan fingerprint density at radius 1 is 1.36 bits per heavy atom. The van der Waals surface area contributed by atoms with E-state index in [2.05, 4.69) is 14.7 Å². The average molecular weight is 406 g/mol. The Balaban J connectivity index is 1.87. The van der Waals surface area contributed by atoms with Crippen molar-refractivity contribution in [1.82, 2.24) is 19.6 Å². The number of likely N-dealkylation sites (tertiary alicyclic amines) is 1. The number of carboxylic acid groups (broad SMARTS) is 1. The number of imidazole rings is 1. The van der Waals surface area contributed by atoms with Crippen molar-refractivity contribution in [3.05, 3.63) is 48.0 Å². The zero-order valence-corrected chi connectivity index (χ0v) is 16.1. The second-order valence-corrected chi connectivity index (χ2v) is 8.49. The third-order valence-corrected chi connectivity index (χ3v) is 6.20. The Morgan fingerprint density at radius 3 is 2.68 bits per heavy atom. The van der Waals surface area contributed by atoms with Crippen LogP contribution in [0.2, 0.25) is 0 Å². The number of carbonyl (C=O) groups excluding carboxylic acids is 1. The van der Waals surface area contributed by atoms with Crippen LogP contribution in [0.25, 0.3) is 0 Å². The van der Waals surface area contributed by atoms with Crippen LogP contribution >= 0.6 is 0 Å². The lowest BCUT2D eigenvalue weighted by Crippen LogP contribution is -2.52. The maximum atomic E-state index is 13.0. The van der Waals surface area contributed by atoms with Gasteiger partial charge in [0.05, 0.1) is 16.9 Å². The van der Waals surface area contributed by atoms with Gasteiger partial charge in [0.2, 0.25) is 15.9 Å². The van der Waals surface area contributed by atoms with Gasteiger partial charge in [0.25, 0.3) is 0 Å². The Kier molecular flexibility index (Phi) is 5.80. The van der Waals surface area contributed by atoms with Crippen molar-refractivity contribution in [1.29, 1.82) is 0 Å². The Labute approximate surface area is 162 Å². The lowest BCUT2D eigenvalue weighted by Gasteiger charge is -2.27. The Hall–Kier alpha value is -2.72. The highest BCUT2D eigenvalue weighted by Crippen LogP contribution is 2.20. The zero-order chi connectivity index (χ0) is 20.3. The predicted octanol–water partition coefficient (Wildman–Crippen LogP) is 0.683. The number of amides is 1. The Morgan fingerprint density at radius 2 is 2.07 bits per heavy atom. The van der Waals surface area contributed by atoms with E-state index in [4.69, 9.17) is 0 Å². The molecule has 28 heavy (non-hydrogen) atoms. The van der Waals surface area contributed by atoms with E-state index in [-0.39, 0.29) is 17.9 Å². The van der Waals surface area contributed by atoms with Gasteiger partial charge >= 0.3 is 5.97 Å². The summed E-state index contributed by atoms with van der Waals surface area (Å²) in [4.78, 5) is 32.6. The van der Waals surface area contributed by atoms with Crippen LogP contribution in [0.3, 0.4) is 0 Å². The SMILES string of the molecule is Cc1ccc(S(=O)(=O)N[C@@H](Cc2c[nH]cn2)C(=O)N2CCC[C@H]2C(=O)O)cc1. The summed E-state index contributed by atoms with van der Waals surface area (Å²) in [6, 6.07) is 4.15. The van der Waals surface area contributed by atoms with E-state index in [1.807, 2.05) is 6.92 Å². The lowest BCUT2D eigenvalue weighted by molar-refractivity contribution is -0.148. The van der Waals surface area contributed by atoms with E-state index in [1.54, 1.807) is 18.3 Å². The van der Waals surface area contributed by atoms with Crippen LogP contribution in [0, 0.1) is 6.92 Å². The van der Waals surface area contributed by atoms with Crippen LogP contribution in [0.1, 0.15) is 24.1 Å². The van der Waals surface area contributed by atoms with Crippen molar-refractivity contribution in [3.8, 4) is 0 Å². The summed E-state index contributed by atoms with van der Waals surface area (Å²) >= 11 is 0. The number of aromatic amines is 1. The molecule has 9 nitrogen and oxygen atoms in total. The molecule has 1 aromatic heterocycles. The quantitative estimate of drug-likeness (QED) is 0.619. The number of carboxylic acids is 1. The second-order valence-electron chi connectivity index (χ2n) is 6.78. The maximum Gasteiger partial charge on any atom is 0.326 e. The van der Waals surface area contributed by atoms with Gasteiger partial charge < -0.3 is 15.0 Å². The van der Waals surface area contributed by atoms with Crippen molar-refractivity contribution in [2.24, 2.45) is 0 Å². The van der Waals surface area contributed by atoms with Crippen molar-refractivity contribution in [2.75, 3.05) is 6.54 Å². The second kappa shape index (κ2) is 8.11. The molecule has 1 fully saturated rings. The van der Waals surface area contributed by atoms with Gasteiger partial charge in [0.15, 0.2) is 0 Å². The molecule has 1 aliphatic heterocycles. The van der Waals surface area contributed by atoms with Gasteiger partial charge in [-0.15, -0.1) is 0 Å². The molecule has 3 N–H and O–H groups in total. The monoisotopic (exact) mass is 406 g/mol. The molecule has 1 aliphatic rings. The van der Waals surface area contributed by atoms with Gasteiger partial charge in [-0.05, 0) is 31.9 Å².